The Balaban J connectivity index is 0.000000438. The van der Waals surface area contributed by atoms with Crippen molar-refractivity contribution >= 4 is 17.8 Å². The van der Waals surface area contributed by atoms with Gasteiger partial charge in [-0.1, -0.05) is 0 Å². The van der Waals surface area contributed by atoms with E-state index in [0.29, 0.717) is 6.04 Å². The standard InChI is InChI=1S/C18H27N3O2.C2H2O4/c1-19-11-13-20(14-12-19)16-7-9-21(10-8-16)18(22)15-3-5-17(23-2)6-4-15;3-1(4)2(5)6/h3-6,16H,7-14H2,1-2H3;(H,3,4)(H,5,6). The number of aliphatic carboxylic acids is 2. The zero-order chi connectivity index (χ0) is 21.4. The second-order valence-electron chi connectivity index (χ2n) is 7.20. The minimum atomic E-state index is -1.82. The van der Waals surface area contributed by atoms with Crippen molar-refractivity contribution in [2.75, 3.05) is 53.4 Å². The summed E-state index contributed by atoms with van der Waals surface area (Å²) in [7, 11) is 3.83. The number of carbonyl (C=O) groups excluding carboxylic acids is 1. The number of piperazine rings is 1. The lowest BCUT2D eigenvalue weighted by Crippen LogP contribution is -2.52. The fraction of sp³-hybridized carbons (Fsp3) is 0.550. The monoisotopic (exact) mass is 407 g/mol. The lowest BCUT2D eigenvalue weighted by molar-refractivity contribution is -0.159. The van der Waals surface area contributed by atoms with Gasteiger partial charge in [0.05, 0.1) is 7.11 Å². The number of piperidine rings is 1. The predicted molar refractivity (Wildman–Crippen MR) is 106 cm³/mol. The van der Waals surface area contributed by atoms with Crippen LogP contribution in [-0.2, 0) is 9.59 Å². The van der Waals surface area contributed by atoms with Gasteiger partial charge >= 0.3 is 11.9 Å². The fourth-order valence-corrected chi connectivity index (χ4v) is 3.54. The summed E-state index contributed by atoms with van der Waals surface area (Å²) in [6.07, 6.45) is 2.18. The van der Waals surface area contributed by atoms with E-state index in [9.17, 15) is 4.79 Å². The van der Waals surface area contributed by atoms with Gasteiger partial charge in [0, 0.05) is 50.9 Å². The highest BCUT2D eigenvalue weighted by molar-refractivity contribution is 6.27. The van der Waals surface area contributed by atoms with Crippen LogP contribution in [0.25, 0.3) is 0 Å². The van der Waals surface area contributed by atoms with Gasteiger partial charge in [-0.3, -0.25) is 9.69 Å². The normalized spacial score (nSPS) is 18.5. The van der Waals surface area contributed by atoms with Crippen LogP contribution < -0.4 is 4.74 Å². The minimum absolute atomic E-state index is 0.143. The molecule has 0 aliphatic carbocycles. The number of carbonyl (C=O) groups is 3. The molecule has 0 spiro atoms. The molecule has 0 radical (unpaired) electrons. The van der Waals surface area contributed by atoms with E-state index in [1.165, 1.54) is 0 Å². The Morgan fingerprint density at radius 2 is 1.41 bits per heavy atom. The number of benzene rings is 1. The molecule has 2 saturated heterocycles. The van der Waals surface area contributed by atoms with E-state index >= 15 is 0 Å². The third kappa shape index (κ3) is 6.72. The van der Waals surface area contributed by atoms with Gasteiger partial charge in [-0.25, -0.2) is 9.59 Å². The lowest BCUT2D eigenvalue weighted by atomic mass is 10.0. The summed E-state index contributed by atoms with van der Waals surface area (Å²) < 4.78 is 5.15. The zero-order valence-electron chi connectivity index (χ0n) is 16.9. The molecule has 2 heterocycles. The number of rotatable bonds is 3. The molecule has 0 bridgehead atoms. The molecule has 2 aliphatic heterocycles. The Morgan fingerprint density at radius 1 is 0.897 bits per heavy atom. The molecule has 1 aromatic carbocycles. The third-order valence-corrected chi connectivity index (χ3v) is 5.33. The molecule has 2 fully saturated rings. The third-order valence-electron chi connectivity index (χ3n) is 5.33. The number of nitrogens with zero attached hydrogens (tertiary/aromatic N) is 3. The molecule has 3 rings (SSSR count). The maximum absolute atomic E-state index is 12.6. The first-order chi connectivity index (χ1) is 13.8. The van der Waals surface area contributed by atoms with Gasteiger partial charge in [-0.05, 0) is 44.2 Å². The molecule has 9 nitrogen and oxygen atoms in total. The molecule has 0 unspecified atom stereocenters. The number of methoxy groups -OCH3 is 1. The van der Waals surface area contributed by atoms with Crippen LogP contribution in [0.2, 0.25) is 0 Å². The van der Waals surface area contributed by atoms with Crippen molar-refractivity contribution in [1.82, 2.24) is 14.7 Å². The molecule has 1 aromatic rings. The molecule has 2 aliphatic rings. The summed E-state index contributed by atoms with van der Waals surface area (Å²) in [5, 5.41) is 14.8. The fourth-order valence-electron chi connectivity index (χ4n) is 3.54. The van der Waals surface area contributed by atoms with Gasteiger partial charge in [0.25, 0.3) is 5.91 Å². The minimum Gasteiger partial charge on any atom is -0.497 e. The summed E-state index contributed by atoms with van der Waals surface area (Å²) in [4.78, 5) is 37.8. The maximum atomic E-state index is 12.6. The highest BCUT2D eigenvalue weighted by atomic mass is 16.5. The van der Waals surface area contributed by atoms with Crippen LogP contribution in [-0.4, -0.2) is 102 Å². The van der Waals surface area contributed by atoms with Crippen molar-refractivity contribution in [3.63, 3.8) is 0 Å². The average Bonchev–Trinajstić information content (AvgIpc) is 2.74. The van der Waals surface area contributed by atoms with Gasteiger partial charge < -0.3 is 24.7 Å². The smallest absolute Gasteiger partial charge is 0.414 e. The summed E-state index contributed by atoms with van der Waals surface area (Å²) >= 11 is 0. The van der Waals surface area contributed by atoms with Crippen molar-refractivity contribution < 1.29 is 29.3 Å². The van der Waals surface area contributed by atoms with E-state index in [4.69, 9.17) is 24.5 Å². The Hall–Kier alpha value is -2.65. The number of ether oxygens (including phenoxy) is 1. The van der Waals surface area contributed by atoms with Crippen molar-refractivity contribution in [3.8, 4) is 5.75 Å². The zero-order valence-corrected chi connectivity index (χ0v) is 16.9. The molecule has 1 amide bonds. The molecule has 9 heteroatoms. The first-order valence-corrected chi connectivity index (χ1v) is 9.64. The molecule has 29 heavy (non-hydrogen) atoms. The summed E-state index contributed by atoms with van der Waals surface area (Å²) in [6.45, 7) is 6.36. The molecule has 160 valence electrons. The number of carboxylic acid groups (broad SMARTS) is 2. The number of amides is 1. The number of likely N-dealkylation sites (N-methyl/N-ethyl adjacent to an activating group) is 1. The molecule has 2 N–H and O–H groups in total. The van der Waals surface area contributed by atoms with Crippen molar-refractivity contribution in [1.29, 1.82) is 0 Å². The van der Waals surface area contributed by atoms with Crippen LogP contribution >= 0.6 is 0 Å². The van der Waals surface area contributed by atoms with Gasteiger partial charge in [0.15, 0.2) is 0 Å². The predicted octanol–water partition coefficient (Wildman–Crippen LogP) is 0.703. The van der Waals surface area contributed by atoms with Crippen LogP contribution in [0.4, 0.5) is 0 Å². The molecule has 0 atom stereocenters. The second kappa shape index (κ2) is 10.8. The van der Waals surface area contributed by atoms with Crippen molar-refractivity contribution in [2.45, 2.75) is 18.9 Å². The average molecular weight is 407 g/mol. The second-order valence-corrected chi connectivity index (χ2v) is 7.20. The summed E-state index contributed by atoms with van der Waals surface area (Å²) in [5.41, 5.74) is 0.754. The molecular formula is C20H29N3O6. The molecular weight excluding hydrogens is 378 g/mol. The lowest BCUT2D eigenvalue weighted by Gasteiger charge is -2.42. The van der Waals surface area contributed by atoms with Crippen LogP contribution in [0.5, 0.6) is 5.75 Å². The first-order valence-electron chi connectivity index (χ1n) is 9.64. The summed E-state index contributed by atoms with van der Waals surface area (Å²) in [6, 6.07) is 8.05. The van der Waals surface area contributed by atoms with Crippen LogP contribution in [0.3, 0.4) is 0 Å². The maximum Gasteiger partial charge on any atom is 0.414 e. The highest BCUT2D eigenvalue weighted by Crippen LogP contribution is 2.20. The van der Waals surface area contributed by atoms with E-state index in [1.54, 1.807) is 7.11 Å². The van der Waals surface area contributed by atoms with E-state index in [2.05, 4.69) is 16.8 Å². The van der Waals surface area contributed by atoms with Crippen LogP contribution in [0.15, 0.2) is 24.3 Å². The number of hydrogen-bond donors (Lipinski definition) is 2. The summed E-state index contributed by atoms with van der Waals surface area (Å²) in [5.74, 6) is -2.72. The Labute approximate surface area is 170 Å². The Morgan fingerprint density at radius 3 is 1.86 bits per heavy atom. The Bertz CT molecular complexity index is 681. The number of carboxylic acids is 2. The van der Waals surface area contributed by atoms with E-state index < -0.39 is 11.9 Å². The van der Waals surface area contributed by atoms with Gasteiger partial charge in [-0.2, -0.15) is 0 Å². The quantitative estimate of drug-likeness (QED) is 0.705. The molecule has 0 saturated carbocycles. The number of hydrogen-bond acceptors (Lipinski definition) is 6. The van der Waals surface area contributed by atoms with Crippen molar-refractivity contribution in [3.05, 3.63) is 29.8 Å². The highest BCUT2D eigenvalue weighted by Gasteiger charge is 2.28. The van der Waals surface area contributed by atoms with E-state index in [1.807, 2.05) is 29.2 Å². The van der Waals surface area contributed by atoms with Gasteiger partial charge in [0.1, 0.15) is 5.75 Å². The molecule has 0 aromatic heterocycles. The van der Waals surface area contributed by atoms with Crippen LogP contribution in [0.1, 0.15) is 23.2 Å². The number of likely N-dealkylation sites (tertiary alicyclic amines) is 1. The SMILES string of the molecule is COc1ccc(C(=O)N2CCC(N3CCN(C)CC3)CC2)cc1.O=C(O)C(=O)O. The Kier molecular flexibility index (Phi) is 8.41. The van der Waals surface area contributed by atoms with Gasteiger partial charge in [-0.15, -0.1) is 0 Å². The van der Waals surface area contributed by atoms with Crippen LogP contribution in [0, 0.1) is 0 Å². The topological polar surface area (TPSA) is 111 Å². The first kappa shape index (κ1) is 22.6. The largest absolute Gasteiger partial charge is 0.497 e. The van der Waals surface area contributed by atoms with E-state index in [-0.39, 0.29) is 5.91 Å². The van der Waals surface area contributed by atoms with E-state index in [0.717, 1.165) is 63.4 Å². The van der Waals surface area contributed by atoms with Crippen molar-refractivity contribution in [2.24, 2.45) is 0 Å². The van der Waals surface area contributed by atoms with Gasteiger partial charge in [0.2, 0.25) is 0 Å².